The second-order valence-corrected chi connectivity index (χ2v) is 7.72. The van der Waals surface area contributed by atoms with Gasteiger partial charge < -0.3 is 13.9 Å². The summed E-state index contributed by atoms with van der Waals surface area (Å²) in [5, 5.41) is 6.27. The van der Waals surface area contributed by atoms with Crippen LogP contribution in [-0.4, -0.2) is 24.2 Å². The number of rotatable bonds is 5. The molecule has 0 fully saturated rings. The lowest BCUT2D eigenvalue weighted by molar-refractivity contribution is 0.355. The second kappa shape index (κ2) is 8.70. The fraction of sp³-hybridized carbons (Fsp3) is 0.240. The third-order valence-corrected chi connectivity index (χ3v) is 5.10. The van der Waals surface area contributed by atoms with Gasteiger partial charge in [0.25, 0.3) is 0 Å². The van der Waals surface area contributed by atoms with E-state index in [0.717, 1.165) is 44.4 Å². The van der Waals surface area contributed by atoms with E-state index in [0.29, 0.717) is 23.2 Å². The van der Waals surface area contributed by atoms with E-state index in [1.54, 1.807) is 14.2 Å². The summed E-state index contributed by atoms with van der Waals surface area (Å²) in [4.78, 5) is 8.83. The van der Waals surface area contributed by atoms with Gasteiger partial charge in [-0.1, -0.05) is 6.07 Å². The Morgan fingerprint density at radius 2 is 1.56 bits per heavy atom. The van der Waals surface area contributed by atoms with Gasteiger partial charge in [-0.05, 0) is 69.2 Å². The smallest absolute Gasteiger partial charge is 0.243 e. The number of aromatic nitrogens is 2. The van der Waals surface area contributed by atoms with E-state index in [4.69, 9.17) is 13.9 Å². The zero-order valence-electron chi connectivity index (χ0n) is 19.1. The summed E-state index contributed by atoms with van der Waals surface area (Å²) in [6.07, 6.45) is 0. The highest BCUT2D eigenvalue weighted by molar-refractivity contribution is 5.82. The number of ether oxygens (including phenoxy) is 2. The summed E-state index contributed by atoms with van der Waals surface area (Å²) < 4.78 is 17.1. The Morgan fingerprint density at radius 3 is 2.25 bits per heavy atom. The summed E-state index contributed by atoms with van der Waals surface area (Å²) in [5.41, 5.74) is 8.54. The maximum Gasteiger partial charge on any atom is 0.243 e. The summed E-state index contributed by atoms with van der Waals surface area (Å²) in [5.74, 6) is 2.39. The minimum Gasteiger partial charge on any atom is -0.493 e. The Morgan fingerprint density at radius 1 is 0.844 bits per heavy atom. The Kier molecular flexibility index (Phi) is 5.81. The molecule has 4 rings (SSSR count). The SMILES string of the molecule is COc1ccc(-c2c/c(=N\Nc3nc(C)cc(C)n3)c3cc(C)cc(C)c3o2)cc1OC. The normalized spacial score (nSPS) is 11.6. The van der Waals surface area contributed by atoms with Crippen LogP contribution in [0.5, 0.6) is 11.5 Å². The molecular weight excluding hydrogens is 404 g/mol. The molecule has 2 heterocycles. The molecule has 0 aliphatic carbocycles. The number of nitrogens with one attached hydrogen (secondary N) is 1. The molecule has 32 heavy (non-hydrogen) atoms. The van der Waals surface area contributed by atoms with Crippen molar-refractivity contribution in [2.75, 3.05) is 19.6 Å². The summed E-state index contributed by atoms with van der Waals surface area (Å²) >= 11 is 0. The molecule has 0 aliphatic rings. The quantitative estimate of drug-likeness (QED) is 0.445. The van der Waals surface area contributed by atoms with Gasteiger partial charge in [0, 0.05) is 28.4 Å². The van der Waals surface area contributed by atoms with E-state index < -0.39 is 0 Å². The second-order valence-electron chi connectivity index (χ2n) is 7.72. The van der Waals surface area contributed by atoms with Crippen LogP contribution in [0.3, 0.4) is 0 Å². The number of aryl methyl sites for hydroxylation is 4. The molecule has 0 aliphatic heterocycles. The third-order valence-electron chi connectivity index (χ3n) is 5.10. The van der Waals surface area contributed by atoms with Crippen LogP contribution in [-0.2, 0) is 0 Å². The van der Waals surface area contributed by atoms with Crippen LogP contribution < -0.4 is 20.3 Å². The van der Waals surface area contributed by atoms with Gasteiger partial charge in [-0.3, -0.25) is 0 Å². The van der Waals surface area contributed by atoms with Gasteiger partial charge >= 0.3 is 0 Å². The van der Waals surface area contributed by atoms with Crippen LogP contribution in [0.1, 0.15) is 22.5 Å². The van der Waals surface area contributed by atoms with Crippen LogP contribution in [0.25, 0.3) is 22.3 Å². The third kappa shape index (κ3) is 4.27. The van der Waals surface area contributed by atoms with E-state index in [-0.39, 0.29) is 0 Å². The molecule has 0 radical (unpaired) electrons. The molecule has 0 spiro atoms. The Labute approximate surface area is 186 Å². The number of fused-ring (bicyclic) bond motifs is 1. The molecule has 0 atom stereocenters. The molecule has 164 valence electrons. The predicted molar refractivity (Wildman–Crippen MR) is 125 cm³/mol. The van der Waals surface area contributed by atoms with Gasteiger partial charge in [0.05, 0.1) is 19.6 Å². The number of hydrogen-bond acceptors (Lipinski definition) is 7. The van der Waals surface area contributed by atoms with Crippen LogP contribution in [0.4, 0.5) is 5.95 Å². The monoisotopic (exact) mass is 430 g/mol. The molecular formula is C25H26N4O3. The first kappa shape index (κ1) is 21.4. The van der Waals surface area contributed by atoms with Gasteiger partial charge in [0.15, 0.2) is 11.5 Å². The molecule has 4 aromatic rings. The van der Waals surface area contributed by atoms with Crippen molar-refractivity contribution in [2.45, 2.75) is 27.7 Å². The lowest BCUT2D eigenvalue weighted by Crippen LogP contribution is -2.10. The Bertz CT molecular complexity index is 1360. The number of hydrogen-bond donors (Lipinski definition) is 1. The highest BCUT2D eigenvalue weighted by Crippen LogP contribution is 2.33. The van der Waals surface area contributed by atoms with E-state index in [1.807, 2.05) is 51.1 Å². The van der Waals surface area contributed by atoms with Crippen molar-refractivity contribution in [1.82, 2.24) is 9.97 Å². The molecule has 7 nitrogen and oxygen atoms in total. The molecule has 0 amide bonds. The number of methoxy groups -OCH3 is 2. The fourth-order valence-corrected chi connectivity index (χ4v) is 3.73. The number of benzene rings is 2. The van der Waals surface area contributed by atoms with Crippen molar-refractivity contribution >= 4 is 16.9 Å². The van der Waals surface area contributed by atoms with Gasteiger partial charge in [0.1, 0.15) is 11.3 Å². The minimum absolute atomic E-state index is 0.452. The van der Waals surface area contributed by atoms with Crippen molar-refractivity contribution in [3.05, 3.63) is 70.3 Å². The largest absolute Gasteiger partial charge is 0.493 e. The van der Waals surface area contributed by atoms with E-state index in [9.17, 15) is 0 Å². The average Bonchev–Trinajstić information content (AvgIpc) is 2.76. The van der Waals surface area contributed by atoms with Crippen molar-refractivity contribution in [3.63, 3.8) is 0 Å². The molecule has 2 aromatic carbocycles. The maximum absolute atomic E-state index is 6.32. The van der Waals surface area contributed by atoms with E-state index >= 15 is 0 Å². The van der Waals surface area contributed by atoms with Gasteiger partial charge in [0.2, 0.25) is 5.95 Å². The van der Waals surface area contributed by atoms with Crippen LogP contribution in [0.15, 0.2) is 52.0 Å². The summed E-state index contributed by atoms with van der Waals surface area (Å²) in [6, 6.07) is 13.6. The maximum atomic E-state index is 6.32. The van der Waals surface area contributed by atoms with Crippen molar-refractivity contribution in [1.29, 1.82) is 0 Å². The predicted octanol–water partition coefficient (Wildman–Crippen LogP) is 5.07. The fourth-order valence-electron chi connectivity index (χ4n) is 3.73. The van der Waals surface area contributed by atoms with Crippen LogP contribution in [0, 0.1) is 27.7 Å². The number of anilines is 1. The average molecular weight is 431 g/mol. The minimum atomic E-state index is 0.452. The molecule has 7 heteroatoms. The zero-order chi connectivity index (χ0) is 22.8. The van der Waals surface area contributed by atoms with Crippen LogP contribution >= 0.6 is 0 Å². The van der Waals surface area contributed by atoms with E-state index in [2.05, 4.69) is 39.6 Å². The Balaban J connectivity index is 1.91. The topological polar surface area (TPSA) is 81.8 Å². The van der Waals surface area contributed by atoms with E-state index in [1.165, 1.54) is 0 Å². The lowest BCUT2D eigenvalue weighted by Gasteiger charge is -2.11. The highest BCUT2D eigenvalue weighted by Gasteiger charge is 2.12. The summed E-state index contributed by atoms with van der Waals surface area (Å²) in [7, 11) is 3.22. The Hall–Kier alpha value is -3.87. The standard InChI is InChI=1S/C25H26N4O3/c1-14-9-15(2)24-19(10-14)20(28-29-25-26-16(3)11-17(4)27-25)13-22(32-24)18-7-8-21(30-5)23(12-18)31-6/h7-13H,1-6H3,(H,26,27,29)/b28-20+. The molecule has 0 bridgehead atoms. The first-order chi connectivity index (χ1) is 15.4. The lowest BCUT2D eigenvalue weighted by atomic mass is 10.1. The van der Waals surface area contributed by atoms with Crippen LogP contribution in [0.2, 0.25) is 0 Å². The first-order valence-electron chi connectivity index (χ1n) is 10.3. The molecule has 1 N–H and O–H groups in total. The molecule has 0 saturated carbocycles. The summed E-state index contributed by atoms with van der Waals surface area (Å²) in [6.45, 7) is 7.94. The van der Waals surface area contributed by atoms with Crippen molar-refractivity contribution in [2.24, 2.45) is 5.10 Å². The van der Waals surface area contributed by atoms with Gasteiger partial charge in [-0.15, -0.1) is 0 Å². The molecule has 0 unspecified atom stereocenters. The van der Waals surface area contributed by atoms with Crippen molar-refractivity contribution < 1.29 is 13.9 Å². The molecule has 2 aromatic heterocycles. The molecule has 0 saturated heterocycles. The van der Waals surface area contributed by atoms with Gasteiger partial charge in [-0.25, -0.2) is 15.4 Å². The first-order valence-corrected chi connectivity index (χ1v) is 10.3. The highest BCUT2D eigenvalue weighted by atomic mass is 16.5. The van der Waals surface area contributed by atoms with Crippen molar-refractivity contribution in [3.8, 4) is 22.8 Å². The van der Waals surface area contributed by atoms with Gasteiger partial charge in [-0.2, -0.15) is 5.10 Å². The number of nitrogens with zero attached hydrogens (tertiary/aromatic N) is 3. The zero-order valence-corrected chi connectivity index (χ0v) is 19.1.